The Morgan fingerprint density at radius 2 is 1.59 bits per heavy atom. The second-order valence-corrected chi connectivity index (χ2v) is 8.92. The molecule has 2 atom stereocenters. The van der Waals surface area contributed by atoms with E-state index in [9.17, 15) is 4.79 Å². The summed E-state index contributed by atoms with van der Waals surface area (Å²) in [6, 6.07) is 11.2. The quantitative estimate of drug-likeness (QED) is 0.835. The van der Waals surface area contributed by atoms with Gasteiger partial charge in [-0.2, -0.15) is 0 Å². The molecule has 4 aliphatic rings. The van der Waals surface area contributed by atoms with Crippen LogP contribution in [0.1, 0.15) is 51.4 Å². The summed E-state index contributed by atoms with van der Waals surface area (Å²) in [5.41, 5.74) is 0.842. The molecule has 0 aromatic heterocycles. The Bertz CT molecular complexity index is 645. The predicted octanol–water partition coefficient (Wildman–Crippen LogP) is 3.81. The summed E-state index contributed by atoms with van der Waals surface area (Å²) in [5, 5.41) is 3.12. The van der Waals surface area contributed by atoms with Crippen molar-refractivity contribution in [1.82, 2.24) is 10.2 Å². The molecule has 4 nitrogen and oxygen atoms in total. The number of anilines is 1. The zero-order chi connectivity index (χ0) is 17.6. The van der Waals surface area contributed by atoms with E-state index < -0.39 is 0 Å². The largest absolute Gasteiger partial charge is 0.339 e. The first-order valence-corrected chi connectivity index (χ1v) is 10.6. The number of amides is 1. The second kappa shape index (κ2) is 7.63. The van der Waals surface area contributed by atoms with Crippen molar-refractivity contribution >= 4 is 24.0 Å². The lowest BCUT2D eigenvalue weighted by Gasteiger charge is -2.45. The summed E-state index contributed by atoms with van der Waals surface area (Å²) in [7, 11) is 0. The first-order valence-electron chi connectivity index (χ1n) is 10.6. The van der Waals surface area contributed by atoms with Gasteiger partial charge in [0, 0.05) is 24.8 Å². The Kier molecular flexibility index (Phi) is 5.39. The second-order valence-electron chi connectivity index (χ2n) is 8.92. The monoisotopic (exact) mass is 389 g/mol. The highest BCUT2D eigenvalue weighted by Gasteiger charge is 2.51. The van der Waals surface area contributed by atoms with Gasteiger partial charge in [0.25, 0.3) is 0 Å². The number of carbonyl (C=O) groups is 1. The number of rotatable bonds is 2. The number of piperidine rings is 1. The molecular weight excluding hydrogens is 358 g/mol. The fourth-order valence-corrected chi connectivity index (χ4v) is 6.29. The fraction of sp³-hybridized carbons (Fsp3) is 0.682. The van der Waals surface area contributed by atoms with Gasteiger partial charge in [0.15, 0.2) is 0 Å². The van der Waals surface area contributed by atoms with Gasteiger partial charge in [-0.15, -0.1) is 12.4 Å². The first-order chi connectivity index (χ1) is 12.8. The summed E-state index contributed by atoms with van der Waals surface area (Å²) < 4.78 is 0. The molecule has 2 unspecified atom stereocenters. The number of hydrogen-bond acceptors (Lipinski definition) is 3. The lowest BCUT2D eigenvalue weighted by atomic mass is 9.82. The molecule has 1 aromatic carbocycles. The van der Waals surface area contributed by atoms with Crippen LogP contribution in [0.4, 0.5) is 5.69 Å². The Morgan fingerprint density at radius 1 is 0.963 bits per heavy atom. The third-order valence-electron chi connectivity index (χ3n) is 7.76. The number of likely N-dealkylation sites (tertiary alicyclic amines) is 1. The van der Waals surface area contributed by atoms with Crippen LogP contribution in [0.2, 0.25) is 0 Å². The van der Waals surface area contributed by atoms with E-state index in [0.29, 0.717) is 6.67 Å². The number of nitrogens with one attached hydrogen (secondary N) is 1. The van der Waals surface area contributed by atoms with Crippen LogP contribution < -0.4 is 10.2 Å². The third-order valence-corrected chi connectivity index (χ3v) is 7.76. The van der Waals surface area contributed by atoms with E-state index in [1.807, 2.05) is 6.07 Å². The van der Waals surface area contributed by atoms with Gasteiger partial charge in [-0.05, 0) is 49.7 Å². The maximum Gasteiger partial charge on any atom is 0.247 e. The molecule has 0 bridgehead atoms. The molecule has 1 amide bonds. The Morgan fingerprint density at radius 3 is 2.22 bits per heavy atom. The van der Waals surface area contributed by atoms with Crippen molar-refractivity contribution in [2.75, 3.05) is 24.7 Å². The van der Waals surface area contributed by atoms with Crippen molar-refractivity contribution in [3.05, 3.63) is 30.3 Å². The van der Waals surface area contributed by atoms with Gasteiger partial charge in [0.1, 0.15) is 5.54 Å². The summed E-state index contributed by atoms with van der Waals surface area (Å²) in [6.07, 6.45) is 10.6. The highest BCUT2D eigenvalue weighted by Crippen LogP contribution is 2.45. The van der Waals surface area contributed by atoms with Gasteiger partial charge in [-0.1, -0.05) is 43.9 Å². The van der Waals surface area contributed by atoms with E-state index in [1.54, 1.807) is 0 Å². The van der Waals surface area contributed by atoms with Crippen LogP contribution in [0.5, 0.6) is 0 Å². The van der Waals surface area contributed by atoms with Crippen LogP contribution in [0.25, 0.3) is 0 Å². The standard InChI is InChI=1S/C22H31N3O.ClH/c26-21-22(25(16-23-21)19-8-2-1-3-9-19)10-12-24(13-11-22)20-14-17-6-4-5-7-18(17)15-20;/h1-3,8-9,17-18,20H,4-7,10-16H2,(H,23,26);1H. The summed E-state index contributed by atoms with van der Waals surface area (Å²) in [6.45, 7) is 2.79. The van der Waals surface area contributed by atoms with Gasteiger partial charge in [0.05, 0.1) is 6.67 Å². The molecule has 2 aliphatic carbocycles. The van der Waals surface area contributed by atoms with Gasteiger partial charge >= 0.3 is 0 Å². The van der Waals surface area contributed by atoms with E-state index in [2.05, 4.69) is 39.4 Å². The van der Waals surface area contributed by atoms with Crippen LogP contribution in [0, 0.1) is 11.8 Å². The first kappa shape index (κ1) is 19.1. The van der Waals surface area contributed by atoms with Crippen LogP contribution in [-0.4, -0.2) is 42.1 Å². The summed E-state index contributed by atoms with van der Waals surface area (Å²) in [4.78, 5) is 17.8. The number of nitrogens with zero attached hydrogens (tertiary/aromatic N) is 2. The number of halogens is 1. The Labute approximate surface area is 169 Å². The van der Waals surface area contributed by atoms with Crippen LogP contribution in [0.3, 0.4) is 0 Å². The number of carbonyl (C=O) groups excluding carboxylic acids is 1. The predicted molar refractivity (Wildman–Crippen MR) is 111 cm³/mol. The third kappa shape index (κ3) is 3.25. The lowest BCUT2D eigenvalue weighted by molar-refractivity contribution is -0.125. The van der Waals surface area contributed by atoms with Gasteiger partial charge in [-0.25, -0.2) is 0 Å². The molecular formula is C22H32ClN3O. The topological polar surface area (TPSA) is 35.6 Å². The van der Waals surface area contributed by atoms with Gasteiger partial charge in [0.2, 0.25) is 5.91 Å². The zero-order valence-corrected chi connectivity index (χ0v) is 16.9. The van der Waals surface area contributed by atoms with E-state index in [-0.39, 0.29) is 23.9 Å². The van der Waals surface area contributed by atoms with E-state index in [0.717, 1.165) is 43.8 Å². The van der Waals surface area contributed by atoms with Crippen LogP contribution in [-0.2, 0) is 4.79 Å². The van der Waals surface area contributed by atoms with Gasteiger partial charge in [-0.3, -0.25) is 4.79 Å². The van der Waals surface area contributed by atoms with Crippen LogP contribution in [0.15, 0.2) is 30.3 Å². The van der Waals surface area contributed by atoms with Crippen molar-refractivity contribution in [2.45, 2.75) is 62.9 Å². The summed E-state index contributed by atoms with van der Waals surface area (Å²) >= 11 is 0. The fourth-order valence-electron chi connectivity index (χ4n) is 6.29. The molecule has 1 N–H and O–H groups in total. The minimum absolute atomic E-state index is 0. The Hall–Kier alpha value is -1.26. The maximum atomic E-state index is 12.8. The number of hydrogen-bond donors (Lipinski definition) is 1. The van der Waals surface area contributed by atoms with Crippen LogP contribution >= 0.6 is 12.4 Å². The van der Waals surface area contributed by atoms with Crippen molar-refractivity contribution in [1.29, 1.82) is 0 Å². The van der Waals surface area contributed by atoms with E-state index in [4.69, 9.17) is 0 Å². The molecule has 1 aromatic rings. The number of para-hydroxylation sites is 1. The molecule has 1 spiro atoms. The zero-order valence-electron chi connectivity index (χ0n) is 16.1. The molecule has 2 saturated carbocycles. The van der Waals surface area contributed by atoms with Crippen molar-refractivity contribution in [3.63, 3.8) is 0 Å². The SMILES string of the molecule is Cl.O=C1NCN(c2ccccc2)C12CCN(C1CC3CCCCC3C1)CC2. The van der Waals surface area contributed by atoms with E-state index in [1.165, 1.54) is 44.2 Å². The van der Waals surface area contributed by atoms with Gasteiger partial charge < -0.3 is 15.1 Å². The highest BCUT2D eigenvalue weighted by molar-refractivity contribution is 5.93. The smallest absolute Gasteiger partial charge is 0.247 e. The average molecular weight is 390 g/mol. The molecule has 4 fully saturated rings. The molecule has 2 heterocycles. The van der Waals surface area contributed by atoms with Crippen molar-refractivity contribution in [2.24, 2.45) is 11.8 Å². The normalized spacial score (nSPS) is 32.8. The summed E-state index contributed by atoms with van der Waals surface area (Å²) in [5.74, 6) is 2.21. The maximum absolute atomic E-state index is 12.8. The van der Waals surface area contributed by atoms with Crippen molar-refractivity contribution in [3.8, 4) is 0 Å². The molecule has 27 heavy (non-hydrogen) atoms. The van der Waals surface area contributed by atoms with Crippen molar-refractivity contribution < 1.29 is 4.79 Å². The Balaban J connectivity index is 0.00000180. The molecule has 0 radical (unpaired) electrons. The molecule has 2 aliphatic heterocycles. The minimum atomic E-state index is -0.330. The molecule has 5 heteroatoms. The number of benzene rings is 1. The number of fused-ring (bicyclic) bond motifs is 1. The average Bonchev–Trinajstić information content (AvgIpc) is 3.25. The lowest BCUT2D eigenvalue weighted by Crippen LogP contribution is -2.57. The van der Waals surface area contributed by atoms with E-state index >= 15 is 0 Å². The minimum Gasteiger partial charge on any atom is -0.339 e. The molecule has 2 saturated heterocycles. The molecule has 148 valence electrons. The highest BCUT2D eigenvalue weighted by atomic mass is 35.5. The molecule has 5 rings (SSSR count).